The second kappa shape index (κ2) is 6.80. The van der Waals surface area contributed by atoms with E-state index in [0.29, 0.717) is 6.42 Å². The molecule has 0 atom stereocenters. The van der Waals surface area contributed by atoms with Crippen LogP contribution in [0.1, 0.15) is 42.0 Å². The number of hydrogen-bond acceptors (Lipinski definition) is 2. The number of aryl methyl sites for hydroxylation is 3. The fourth-order valence-electron chi connectivity index (χ4n) is 2.21. The largest absolute Gasteiger partial charge is 0.232 e. The molecule has 96 valence electrons. The highest BCUT2D eigenvalue weighted by Gasteiger charge is 2.05. The molecule has 0 unspecified atom stereocenters. The summed E-state index contributed by atoms with van der Waals surface area (Å²) in [6, 6.07) is 4.41. The number of rotatable bonds is 6. The van der Waals surface area contributed by atoms with Gasteiger partial charge in [-0.3, -0.25) is 0 Å². The number of benzene rings is 1. The van der Waals surface area contributed by atoms with Crippen LogP contribution in [0.4, 0.5) is 0 Å². The highest BCUT2D eigenvalue weighted by atomic mass is 32.2. The summed E-state index contributed by atoms with van der Waals surface area (Å²) in [4.78, 5) is 0. The van der Waals surface area contributed by atoms with Crippen molar-refractivity contribution in [2.24, 2.45) is 0 Å². The van der Waals surface area contributed by atoms with Crippen molar-refractivity contribution in [2.75, 3.05) is 5.75 Å². The van der Waals surface area contributed by atoms with Gasteiger partial charge in [0.1, 0.15) is 10.7 Å². The van der Waals surface area contributed by atoms with Gasteiger partial charge in [0.25, 0.3) is 0 Å². The van der Waals surface area contributed by atoms with Crippen LogP contribution in [0.2, 0.25) is 0 Å². The molecule has 2 nitrogen and oxygen atoms in total. The molecule has 0 aromatic heterocycles. The first-order valence-electron chi connectivity index (χ1n) is 6.25. The van der Waals surface area contributed by atoms with Crippen molar-refractivity contribution in [2.45, 2.75) is 46.5 Å². The van der Waals surface area contributed by atoms with E-state index in [9.17, 15) is 8.42 Å². The van der Waals surface area contributed by atoms with Crippen molar-refractivity contribution in [3.63, 3.8) is 0 Å². The normalized spacial score (nSPS) is 11.1. The third-order valence-corrected chi connectivity index (χ3v) is 3.71. The minimum absolute atomic E-state index is 0.255. The average Bonchev–Trinajstić information content (AvgIpc) is 2.24. The van der Waals surface area contributed by atoms with Crippen molar-refractivity contribution < 1.29 is 8.42 Å². The van der Waals surface area contributed by atoms with Gasteiger partial charge in [-0.05, 0) is 55.4 Å². The average molecular weight is 254 g/mol. The molecule has 0 saturated carbocycles. The van der Waals surface area contributed by atoms with Crippen LogP contribution < -0.4 is 0 Å². The van der Waals surface area contributed by atoms with Gasteiger partial charge in [-0.25, -0.2) is 8.42 Å². The monoisotopic (exact) mass is 254 g/mol. The Morgan fingerprint density at radius 2 is 1.65 bits per heavy atom. The highest BCUT2D eigenvalue weighted by molar-refractivity contribution is 7.72. The van der Waals surface area contributed by atoms with Gasteiger partial charge in [-0.15, -0.1) is 0 Å². The Morgan fingerprint density at radius 1 is 1.06 bits per heavy atom. The summed E-state index contributed by atoms with van der Waals surface area (Å²) in [5.74, 6) is 0.255. The summed E-state index contributed by atoms with van der Waals surface area (Å²) >= 11 is 0. The zero-order valence-electron chi connectivity index (χ0n) is 11.0. The standard InChI is InChI=1S/C14H22O2S/c1-4-5-6-13-9-11(2)14(12(3)10-13)7-8-17(15)16/h9-10,17H,4-8H2,1-3H3. The van der Waals surface area contributed by atoms with Crippen LogP contribution in [0.5, 0.6) is 0 Å². The van der Waals surface area contributed by atoms with Gasteiger partial charge < -0.3 is 0 Å². The van der Waals surface area contributed by atoms with Crippen molar-refractivity contribution in [3.8, 4) is 0 Å². The lowest BCUT2D eigenvalue weighted by molar-refractivity contribution is 0.613. The van der Waals surface area contributed by atoms with Gasteiger partial charge in [0.05, 0.1) is 5.75 Å². The van der Waals surface area contributed by atoms with Crippen LogP contribution >= 0.6 is 0 Å². The molecule has 0 spiro atoms. The van der Waals surface area contributed by atoms with E-state index in [1.807, 2.05) is 0 Å². The molecule has 1 aromatic rings. The van der Waals surface area contributed by atoms with E-state index in [0.717, 1.165) is 6.42 Å². The third kappa shape index (κ3) is 4.50. The lowest BCUT2D eigenvalue weighted by Gasteiger charge is -2.11. The van der Waals surface area contributed by atoms with E-state index in [2.05, 4.69) is 32.9 Å². The van der Waals surface area contributed by atoms with E-state index < -0.39 is 10.7 Å². The highest BCUT2D eigenvalue weighted by Crippen LogP contribution is 2.18. The molecule has 0 saturated heterocycles. The second-order valence-corrected chi connectivity index (χ2v) is 5.73. The summed E-state index contributed by atoms with van der Waals surface area (Å²) in [6.07, 6.45) is 4.18. The van der Waals surface area contributed by atoms with Gasteiger partial charge >= 0.3 is 0 Å². The van der Waals surface area contributed by atoms with Crippen LogP contribution in [0.15, 0.2) is 12.1 Å². The lowest BCUT2D eigenvalue weighted by Crippen LogP contribution is -2.01. The first-order valence-corrected chi connectivity index (χ1v) is 7.61. The lowest BCUT2D eigenvalue weighted by atomic mass is 9.95. The van der Waals surface area contributed by atoms with Crippen LogP contribution in [-0.4, -0.2) is 14.2 Å². The minimum atomic E-state index is -2.27. The molecule has 0 aliphatic rings. The summed E-state index contributed by atoms with van der Waals surface area (Å²) in [6.45, 7) is 6.35. The third-order valence-electron chi connectivity index (χ3n) is 3.12. The fourth-order valence-corrected chi connectivity index (χ4v) is 2.61. The van der Waals surface area contributed by atoms with Crippen LogP contribution in [-0.2, 0) is 23.5 Å². The molecular weight excluding hydrogens is 232 g/mol. The van der Waals surface area contributed by atoms with Crippen molar-refractivity contribution in [3.05, 3.63) is 34.4 Å². The first kappa shape index (κ1) is 14.2. The fraction of sp³-hybridized carbons (Fsp3) is 0.571. The molecule has 0 aliphatic carbocycles. The van der Waals surface area contributed by atoms with Gasteiger partial charge in [-0.1, -0.05) is 25.5 Å². The molecule has 0 fully saturated rings. The summed E-state index contributed by atoms with van der Waals surface area (Å²) in [7, 11) is -2.27. The second-order valence-electron chi connectivity index (χ2n) is 4.62. The molecule has 1 aromatic carbocycles. The summed E-state index contributed by atoms with van der Waals surface area (Å²) < 4.78 is 21.3. The maximum absolute atomic E-state index is 10.6. The Balaban J connectivity index is 2.85. The Hall–Kier alpha value is -0.830. The van der Waals surface area contributed by atoms with E-state index in [4.69, 9.17) is 0 Å². The molecule has 17 heavy (non-hydrogen) atoms. The predicted molar refractivity (Wildman–Crippen MR) is 73.4 cm³/mol. The minimum Gasteiger partial charge on any atom is -0.232 e. The van der Waals surface area contributed by atoms with Gasteiger partial charge in [0.2, 0.25) is 0 Å². The maximum atomic E-state index is 10.6. The molecule has 0 heterocycles. The number of hydrogen-bond donors (Lipinski definition) is 1. The molecule has 3 heteroatoms. The first-order chi connectivity index (χ1) is 8.04. The zero-order chi connectivity index (χ0) is 12.8. The van der Waals surface area contributed by atoms with Gasteiger partial charge in [0, 0.05) is 0 Å². The van der Waals surface area contributed by atoms with E-state index in [-0.39, 0.29) is 5.75 Å². The Labute approximate surface area is 106 Å². The van der Waals surface area contributed by atoms with Crippen LogP contribution in [0, 0.1) is 13.8 Å². The Kier molecular flexibility index (Phi) is 5.69. The smallest absolute Gasteiger partial charge is 0.140 e. The zero-order valence-corrected chi connectivity index (χ0v) is 11.8. The van der Waals surface area contributed by atoms with Crippen molar-refractivity contribution in [1.82, 2.24) is 0 Å². The van der Waals surface area contributed by atoms with E-state index >= 15 is 0 Å². The number of thiol groups is 1. The predicted octanol–water partition coefficient (Wildman–Crippen LogP) is 2.80. The molecule has 0 amide bonds. The van der Waals surface area contributed by atoms with Gasteiger partial charge in [0.15, 0.2) is 0 Å². The molecule has 0 N–H and O–H groups in total. The van der Waals surface area contributed by atoms with E-state index in [1.54, 1.807) is 0 Å². The quantitative estimate of drug-likeness (QED) is 0.792. The van der Waals surface area contributed by atoms with Gasteiger partial charge in [-0.2, -0.15) is 0 Å². The Bertz CT molecular complexity index is 417. The topological polar surface area (TPSA) is 34.1 Å². The van der Waals surface area contributed by atoms with Crippen LogP contribution in [0.3, 0.4) is 0 Å². The van der Waals surface area contributed by atoms with Crippen molar-refractivity contribution in [1.29, 1.82) is 0 Å². The molecule has 0 radical (unpaired) electrons. The maximum Gasteiger partial charge on any atom is 0.140 e. The number of unbranched alkanes of at least 4 members (excludes halogenated alkanes) is 1. The summed E-state index contributed by atoms with van der Waals surface area (Å²) in [5.41, 5.74) is 5.03. The molecule has 1 rings (SSSR count). The van der Waals surface area contributed by atoms with Crippen molar-refractivity contribution >= 4 is 10.7 Å². The summed E-state index contributed by atoms with van der Waals surface area (Å²) in [5, 5.41) is 0. The van der Waals surface area contributed by atoms with E-state index in [1.165, 1.54) is 35.1 Å². The molecule has 0 aliphatic heterocycles. The SMILES string of the molecule is CCCCc1cc(C)c(CC[SH](=O)=O)c(C)c1. The molecule has 0 bridgehead atoms. The van der Waals surface area contributed by atoms with Crippen LogP contribution in [0.25, 0.3) is 0 Å². The molecular formula is C14H22O2S. The Morgan fingerprint density at radius 3 is 2.12 bits per heavy atom.